The number of hydrogen-bond donors (Lipinski definition) is 2. The Hall–Kier alpha value is -4.93. The Labute approximate surface area is 321 Å². The van der Waals surface area contributed by atoms with Gasteiger partial charge in [-0.25, -0.2) is 0 Å². The standard InChI is InChI=1S/C40H47ClN10O3/c1-27-21-40(26-51(27)32-6-5-29(22-42)33(41)20-32)11-13-49(14-12-40)36-9-7-35(45-46-36)39(54)50-24-28(25-50)23-47-15-17-48(18-16-47)31-4-2-3-30(19-31)43-34-8-10-37(52)44-38(34)53/h2-7,9,19-20,27-28,34,43H,8,10-18,21,23-26H2,1H3,(H,44,52,53)/t27-,34+/m0/s1. The first-order valence-corrected chi connectivity index (χ1v) is 19.5. The molecule has 1 aromatic heterocycles. The molecule has 5 aliphatic rings. The number of likely N-dealkylation sites (tertiary alicyclic amines) is 1. The van der Waals surface area contributed by atoms with Crippen molar-refractivity contribution in [1.82, 2.24) is 25.3 Å². The molecule has 1 spiro atoms. The highest BCUT2D eigenvalue weighted by atomic mass is 35.5. The molecular weight excluding hydrogens is 704 g/mol. The van der Waals surface area contributed by atoms with Crippen LogP contribution in [0.1, 0.15) is 55.1 Å². The molecule has 0 unspecified atom stereocenters. The maximum absolute atomic E-state index is 13.3. The summed E-state index contributed by atoms with van der Waals surface area (Å²) in [7, 11) is 0. The monoisotopic (exact) mass is 750 g/mol. The van der Waals surface area contributed by atoms with Gasteiger partial charge in [-0.05, 0) is 86.6 Å². The number of nitrogens with zero attached hydrogens (tertiary/aromatic N) is 8. The smallest absolute Gasteiger partial charge is 0.274 e. The highest BCUT2D eigenvalue weighted by molar-refractivity contribution is 6.32. The molecule has 3 amide bonds. The summed E-state index contributed by atoms with van der Waals surface area (Å²) in [4.78, 5) is 48.4. The SMILES string of the molecule is C[C@H]1CC2(CCN(c3ccc(C(=O)N4CC(CN5CCN(c6cccc(N[C@@H]7CCC(=O)NC7=O)c6)CC5)C4)nn3)CC2)CN1c1ccc(C#N)c(Cl)c1. The molecule has 2 aromatic carbocycles. The molecule has 14 heteroatoms. The number of imide groups is 1. The van der Waals surface area contributed by atoms with Gasteiger partial charge >= 0.3 is 0 Å². The molecule has 5 aliphatic heterocycles. The molecule has 0 bridgehead atoms. The Morgan fingerprint density at radius 1 is 0.981 bits per heavy atom. The molecule has 0 aliphatic carbocycles. The zero-order chi connectivity index (χ0) is 37.4. The van der Waals surface area contributed by atoms with E-state index in [-0.39, 0.29) is 23.1 Å². The van der Waals surface area contributed by atoms with Crippen molar-refractivity contribution < 1.29 is 14.4 Å². The lowest BCUT2D eigenvalue weighted by atomic mass is 9.77. The lowest BCUT2D eigenvalue weighted by Crippen LogP contribution is -2.56. The fourth-order valence-corrected chi connectivity index (χ4v) is 9.23. The first-order valence-electron chi connectivity index (χ1n) is 19.2. The van der Waals surface area contributed by atoms with Gasteiger partial charge in [0.2, 0.25) is 11.8 Å². The van der Waals surface area contributed by atoms with Gasteiger partial charge < -0.3 is 24.9 Å². The predicted octanol–water partition coefficient (Wildman–Crippen LogP) is 4.00. The van der Waals surface area contributed by atoms with Crippen molar-refractivity contribution >= 4 is 52.2 Å². The molecule has 2 N–H and O–H groups in total. The van der Waals surface area contributed by atoms with Crippen LogP contribution in [0.5, 0.6) is 0 Å². The largest absolute Gasteiger partial charge is 0.374 e. The van der Waals surface area contributed by atoms with Gasteiger partial charge in [0.15, 0.2) is 11.5 Å². The summed E-state index contributed by atoms with van der Waals surface area (Å²) in [5, 5.41) is 24.3. The minimum absolute atomic E-state index is 0.0542. The minimum Gasteiger partial charge on any atom is -0.374 e. The van der Waals surface area contributed by atoms with E-state index >= 15 is 0 Å². The fraction of sp³-hybridized carbons (Fsp3) is 0.500. The molecule has 54 heavy (non-hydrogen) atoms. The van der Waals surface area contributed by atoms with Crippen LogP contribution in [0.25, 0.3) is 0 Å². The van der Waals surface area contributed by atoms with Crippen molar-refractivity contribution in [1.29, 1.82) is 5.26 Å². The summed E-state index contributed by atoms with van der Waals surface area (Å²) in [6.07, 6.45) is 4.08. The Morgan fingerprint density at radius 3 is 2.48 bits per heavy atom. The van der Waals surface area contributed by atoms with Crippen LogP contribution in [0.15, 0.2) is 54.6 Å². The van der Waals surface area contributed by atoms with Crippen LogP contribution >= 0.6 is 11.6 Å². The molecule has 3 aromatic rings. The number of hydrogen-bond acceptors (Lipinski definition) is 11. The third kappa shape index (κ3) is 7.54. The van der Waals surface area contributed by atoms with Crippen molar-refractivity contribution in [2.45, 2.75) is 51.1 Å². The number of rotatable bonds is 8. The summed E-state index contributed by atoms with van der Waals surface area (Å²) in [5.41, 5.74) is 4.20. The van der Waals surface area contributed by atoms with E-state index in [1.807, 2.05) is 47.4 Å². The van der Waals surface area contributed by atoms with Crippen LogP contribution in [0, 0.1) is 22.7 Å². The summed E-state index contributed by atoms with van der Waals surface area (Å²) in [6, 6.07) is 19.8. The lowest BCUT2D eigenvalue weighted by molar-refractivity contribution is -0.133. The van der Waals surface area contributed by atoms with E-state index in [0.29, 0.717) is 41.1 Å². The number of carbonyl (C=O) groups excluding carboxylic acids is 3. The van der Waals surface area contributed by atoms with Crippen molar-refractivity contribution in [2.75, 3.05) is 85.5 Å². The van der Waals surface area contributed by atoms with Gasteiger partial charge in [-0.3, -0.25) is 24.6 Å². The first-order chi connectivity index (χ1) is 26.1. The minimum atomic E-state index is -0.401. The second kappa shape index (κ2) is 15.1. The van der Waals surface area contributed by atoms with Gasteiger partial charge in [0, 0.05) is 101 Å². The molecule has 13 nitrogen and oxygen atoms in total. The molecule has 0 saturated carbocycles. The maximum Gasteiger partial charge on any atom is 0.274 e. The number of piperazine rings is 1. The lowest BCUT2D eigenvalue weighted by Gasteiger charge is -2.43. The van der Waals surface area contributed by atoms with E-state index in [1.165, 1.54) is 0 Å². The Bertz CT molecular complexity index is 1930. The fourth-order valence-electron chi connectivity index (χ4n) is 9.01. The first kappa shape index (κ1) is 36.1. The van der Waals surface area contributed by atoms with Crippen LogP contribution in [0.2, 0.25) is 5.02 Å². The second-order valence-corrected chi connectivity index (χ2v) is 16.2. The van der Waals surface area contributed by atoms with E-state index in [0.717, 1.165) is 108 Å². The van der Waals surface area contributed by atoms with Crippen molar-refractivity contribution in [3.63, 3.8) is 0 Å². The Balaban J connectivity index is 0.764. The van der Waals surface area contributed by atoms with Crippen molar-refractivity contribution in [3.8, 4) is 6.07 Å². The van der Waals surface area contributed by atoms with Gasteiger partial charge in [0.25, 0.3) is 5.91 Å². The average molecular weight is 751 g/mol. The zero-order valence-corrected chi connectivity index (χ0v) is 31.5. The highest BCUT2D eigenvalue weighted by Crippen LogP contribution is 2.45. The number of carbonyl (C=O) groups is 3. The van der Waals surface area contributed by atoms with E-state index in [9.17, 15) is 19.6 Å². The molecule has 2 atom stereocenters. The summed E-state index contributed by atoms with van der Waals surface area (Å²) < 4.78 is 0. The van der Waals surface area contributed by atoms with Crippen LogP contribution in [0.3, 0.4) is 0 Å². The number of aromatic nitrogens is 2. The molecule has 282 valence electrons. The quantitative estimate of drug-likeness (QED) is 0.323. The Morgan fingerprint density at radius 2 is 1.78 bits per heavy atom. The van der Waals surface area contributed by atoms with Gasteiger partial charge in [0.05, 0.1) is 10.6 Å². The van der Waals surface area contributed by atoms with Crippen molar-refractivity contribution in [2.24, 2.45) is 11.3 Å². The summed E-state index contributed by atoms with van der Waals surface area (Å²) in [6.45, 7) is 11.2. The number of halogens is 1. The molecular formula is C40H47ClN10O3. The molecule has 6 heterocycles. The van der Waals surface area contributed by atoms with Crippen LogP contribution in [0.4, 0.5) is 22.9 Å². The number of nitriles is 1. The number of benzene rings is 2. The van der Waals surface area contributed by atoms with E-state index in [2.05, 4.69) is 65.6 Å². The van der Waals surface area contributed by atoms with Crippen LogP contribution in [-0.4, -0.2) is 115 Å². The summed E-state index contributed by atoms with van der Waals surface area (Å²) >= 11 is 6.36. The van der Waals surface area contributed by atoms with Crippen LogP contribution < -0.4 is 25.3 Å². The van der Waals surface area contributed by atoms with Gasteiger partial charge in [-0.2, -0.15) is 5.26 Å². The predicted molar refractivity (Wildman–Crippen MR) is 208 cm³/mol. The third-order valence-corrected chi connectivity index (χ3v) is 12.4. The number of anilines is 4. The topological polar surface area (TPSA) is 141 Å². The third-order valence-electron chi connectivity index (χ3n) is 12.1. The second-order valence-electron chi connectivity index (χ2n) is 15.8. The van der Waals surface area contributed by atoms with Crippen molar-refractivity contribution in [3.05, 3.63) is 70.9 Å². The van der Waals surface area contributed by atoms with E-state index in [1.54, 1.807) is 0 Å². The Kier molecular flexibility index (Phi) is 10.1. The number of amides is 3. The molecule has 5 fully saturated rings. The zero-order valence-electron chi connectivity index (χ0n) is 30.7. The highest BCUT2D eigenvalue weighted by Gasteiger charge is 2.44. The average Bonchev–Trinajstić information content (AvgIpc) is 3.49. The van der Waals surface area contributed by atoms with Gasteiger partial charge in [0.1, 0.15) is 12.1 Å². The van der Waals surface area contributed by atoms with Gasteiger partial charge in [-0.15, -0.1) is 10.2 Å². The maximum atomic E-state index is 13.3. The van der Waals surface area contributed by atoms with E-state index in [4.69, 9.17) is 11.6 Å². The van der Waals surface area contributed by atoms with E-state index < -0.39 is 6.04 Å². The number of piperidine rings is 2. The van der Waals surface area contributed by atoms with Gasteiger partial charge in [-0.1, -0.05) is 17.7 Å². The molecule has 5 saturated heterocycles. The normalized spacial score (nSPS) is 23.3. The molecule has 8 rings (SSSR count). The number of nitrogens with one attached hydrogen (secondary N) is 2. The van der Waals surface area contributed by atoms with Crippen LogP contribution in [-0.2, 0) is 9.59 Å². The summed E-state index contributed by atoms with van der Waals surface area (Å²) in [5.74, 6) is 0.727. The molecule has 0 radical (unpaired) electrons.